The number of amides is 1. The van der Waals surface area contributed by atoms with Crippen molar-refractivity contribution in [2.24, 2.45) is 0 Å². The molecular formula is C29H27N5O2S. The van der Waals surface area contributed by atoms with Crippen LogP contribution in [0.3, 0.4) is 0 Å². The minimum atomic E-state index is 0.127. The molecule has 1 amide bonds. The van der Waals surface area contributed by atoms with Gasteiger partial charge in [0, 0.05) is 44.1 Å². The summed E-state index contributed by atoms with van der Waals surface area (Å²) in [7, 11) is 1.69. The Balaban J connectivity index is 1.15. The van der Waals surface area contributed by atoms with E-state index < -0.39 is 0 Å². The SMILES string of the molecule is COc1ccccc1N1CCN(C(=O)CSc2nccn3nc(-c4cccc5ccccc45)cc23)CC1. The molecule has 1 fully saturated rings. The second kappa shape index (κ2) is 10.1. The third-order valence-corrected chi connectivity index (χ3v) is 7.79. The molecule has 0 unspecified atom stereocenters. The van der Waals surface area contributed by atoms with Crippen LogP contribution in [0.15, 0.2) is 90.2 Å². The first-order valence-electron chi connectivity index (χ1n) is 12.3. The van der Waals surface area contributed by atoms with Gasteiger partial charge in [0.15, 0.2) is 0 Å². The normalized spacial score (nSPS) is 13.9. The van der Waals surface area contributed by atoms with Gasteiger partial charge < -0.3 is 14.5 Å². The summed E-state index contributed by atoms with van der Waals surface area (Å²) in [5.74, 6) is 1.33. The van der Waals surface area contributed by atoms with E-state index in [1.54, 1.807) is 13.3 Å². The molecule has 3 aromatic carbocycles. The average Bonchev–Trinajstić information content (AvgIpc) is 3.40. The summed E-state index contributed by atoms with van der Waals surface area (Å²) in [5.41, 5.74) is 3.96. The number of rotatable bonds is 6. The van der Waals surface area contributed by atoms with E-state index >= 15 is 0 Å². The monoisotopic (exact) mass is 509 g/mol. The van der Waals surface area contributed by atoms with Crippen molar-refractivity contribution in [1.82, 2.24) is 19.5 Å². The average molecular weight is 510 g/mol. The smallest absolute Gasteiger partial charge is 0.233 e. The molecule has 6 rings (SSSR count). The van der Waals surface area contributed by atoms with Gasteiger partial charge in [0.1, 0.15) is 10.8 Å². The van der Waals surface area contributed by atoms with E-state index in [2.05, 4.69) is 52.3 Å². The molecule has 37 heavy (non-hydrogen) atoms. The highest BCUT2D eigenvalue weighted by Gasteiger charge is 2.23. The quantitative estimate of drug-likeness (QED) is 0.300. The Kier molecular flexibility index (Phi) is 6.40. The van der Waals surface area contributed by atoms with Crippen molar-refractivity contribution in [3.8, 4) is 17.0 Å². The molecule has 0 N–H and O–H groups in total. The Morgan fingerprint density at radius 2 is 1.76 bits per heavy atom. The Morgan fingerprint density at radius 3 is 2.62 bits per heavy atom. The van der Waals surface area contributed by atoms with E-state index in [4.69, 9.17) is 9.84 Å². The van der Waals surface area contributed by atoms with Gasteiger partial charge in [-0.25, -0.2) is 9.50 Å². The number of anilines is 1. The fraction of sp³-hybridized carbons (Fsp3) is 0.207. The van der Waals surface area contributed by atoms with Crippen LogP contribution in [0.4, 0.5) is 5.69 Å². The number of fused-ring (bicyclic) bond motifs is 2. The molecule has 3 heterocycles. The van der Waals surface area contributed by atoms with Crippen LogP contribution in [-0.4, -0.2) is 64.4 Å². The van der Waals surface area contributed by atoms with Crippen molar-refractivity contribution in [2.45, 2.75) is 5.03 Å². The van der Waals surface area contributed by atoms with Crippen LogP contribution in [0, 0.1) is 0 Å². The van der Waals surface area contributed by atoms with Crippen LogP contribution < -0.4 is 9.64 Å². The molecule has 0 saturated carbocycles. The van der Waals surface area contributed by atoms with Crippen molar-refractivity contribution >= 4 is 39.6 Å². The van der Waals surface area contributed by atoms with Gasteiger partial charge in [-0.1, -0.05) is 66.4 Å². The number of piperazine rings is 1. The molecular weight excluding hydrogens is 482 g/mol. The Hall–Kier alpha value is -4.04. The number of hydrogen-bond donors (Lipinski definition) is 0. The zero-order valence-corrected chi connectivity index (χ0v) is 21.4. The summed E-state index contributed by atoms with van der Waals surface area (Å²) in [6.45, 7) is 2.93. The summed E-state index contributed by atoms with van der Waals surface area (Å²) in [6, 6.07) is 24.7. The van der Waals surface area contributed by atoms with Gasteiger partial charge in [-0.3, -0.25) is 4.79 Å². The van der Waals surface area contributed by atoms with Crippen LogP contribution in [0.5, 0.6) is 5.75 Å². The number of benzene rings is 3. The molecule has 7 nitrogen and oxygen atoms in total. The maximum absolute atomic E-state index is 13.1. The lowest BCUT2D eigenvalue weighted by molar-refractivity contribution is -0.128. The van der Waals surface area contributed by atoms with Crippen LogP contribution in [0.25, 0.3) is 27.5 Å². The van der Waals surface area contributed by atoms with Crippen molar-refractivity contribution in [3.05, 3.63) is 85.2 Å². The number of thioether (sulfide) groups is 1. The van der Waals surface area contributed by atoms with Gasteiger partial charge in [0.25, 0.3) is 0 Å². The number of hydrogen-bond acceptors (Lipinski definition) is 6. The molecule has 0 radical (unpaired) electrons. The van der Waals surface area contributed by atoms with Gasteiger partial charge in [0.2, 0.25) is 5.91 Å². The summed E-state index contributed by atoms with van der Waals surface area (Å²) in [4.78, 5) is 21.9. The minimum Gasteiger partial charge on any atom is -0.495 e. The number of methoxy groups -OCH3 is 1. The summed E-state index contributed by atoms with van der Waals surface area (Å²) >= 11 is 1.47. The van der Waals surface area contributed by atoms with Gasteiger partial charge >= 0.3 is 0 Å². The van der Waals surface area contributed by atoms with Crippen LogP contribution in [-0.2, 0) is 4.79 Å². The molecule has 5 aromatic rings. The molecule has 2 aromatic heterocycles. The van der Waals surface area contributed by atoms with Crippen molar-refractivity contribution < 1.29 is 9.53 Å². The summed E-state index contributed by atoms with van der Waals surface area (Å²) in [5, 5.41) is 7.97. The van der Waals surface area contributed by atoms with E-state index in [1.165, 1.54) is 17.1 Å². The van der Waals surface area contributed by atoms with E-state index in [9.17, 15) is 4.79 Å². The van der Waals surface area contributed by atoms with Crippen LogP contribution >= 0.6 is 11.8 Å². The molecule has 8 heteroatoms. The van der Waals surface area contributed by atoms with Crippen molar-refractivity contribution in [1.29, 1.82) is 0 Å². The Labute approximate surface area is 219 Å². The fourth-order valence-electron chi connectivity index (χ4n) is 4.90. The molecule has 0 aliphatic carbocycles. The summed E-state index contributed by atoms with van der Waals surface area (Å²) < 4.78 is 7.36. The second-order valence-corrected chi connectivity index (χ2v) is 9.91. The molecule has 1 saturated heterocycles. The van der Waals surface area contributed by atoms with E-state index in [0.717, 1.165) is 51.7 Å². The Bertz CT molecular complexity index is 1570. The van der Waals surface area contributed by atoms with E-state index in [-0.39, 0.29) is 5.91 Å². The summed E-state index contributed by atoms with van der Waals surface area (Å²) in [6.07, 6.45) is 3.60. The van der Waals surface area contributed by atoms with Gasteiger partial charge in [-0.2, -0.15) is 5.10 Å². The van der Waals surface area contributed by atoms with Gasteiger partial charge in [0.05, 0.1) is 29.8 Å². The number of aromatic nitrogens is 3. The minimum absolute atomic E-state index is 0.127. The lowest BCUT2D eigenvalue weighted by Gasteiger charge is -2.36. The number of ether oxygens (including phenoxy) is 1. The Morgan fingerprint density at radius 1 is 0.973 bits per heavy atom. The molecule has 1 aliphatic rings. The zero-order valence-electron chi connectivity index (χ0n) is 20.6. The molecule has 0 spiro atoms. The molecule has 1 aliphatic heterocycles. The molecule has 186 valence electrons. The second-order valence-electron chi connectivity index (χ2n) is 8.95. The lowest BCUT2D eigenvalue weighted by atomic mass is 10.0. The zero-order chi connectivity index (χ0) is 25.2. The number of para-hydroxylation sites is 2. The number of carbonyl (C=O) groups is 1. The first-order chi connectivity index (χ1) is 18.2. The van der Waals surface area contributed by atoms with Gasteiger partial charge in [-0.05, 0) is 29.0 Å². The highest BCUT2D eigenvalue weighted by Crippen LogP contribution is 2.31. The number of carbonyl (C=O) groups excluding carboxylic acids is 1. The topological polar surface area (TPSA) is 63.0 Å². The van der Waals surface area contributed by atoms with E-state index in [0.29, 0.717) is 18.8 Å². The van der Waals surface area contributed by atoms with E-state index in [1.807, 2.05) is 45.9 Å². The van der Waals surface area contributed by atoms with Crippen LogP contribution in [0.1, 0.15) is 0 Å². The third kappa shape index (κ3) is 4.60. The first-order valence-corrected chi connectivity index (χ1v) is 13.3. The van der Waals surface area contributed by atoms with Gasteiger partial charge in [-0.15, -0.1) is 0 Å². The number of nitrogens with zero attached hydrogens (tertiary/aromatic N) is 5. The predicted molar refractivity (Wildman–Crippen MR) is 148 cm³/mol. The van der Waals surface area contributed by atoms with Crippen molar-refractivity contribution in [3.63, 3.8) is 0 Å². The van der Waals surface area contributed by atoms with Crippen molar-refractivity contribution in [2.75, 3.05) is 43.9 Å². The maximum atomic E-state index is 13.1. The largest absolute Gasteiger partial charge is 0.495 e. The standard InChI is InChI=1S/C29H27N5O2S/c1-36-27-12-5-4-11-25(27)32-15-17-33(18-16-32)28(35)20-37-29-26-19-24(31-34(26)14-13-30-29)23-10-6-8-21-7-2-3-9-22(21)23/h2-14,19H,15-18,20H2,1H3. The predicted octanol–water partition coefficient (Wildman–Crippen LogP) is 5.00. The maximum Gasteiger partial charge on any atom is 0.233 e. The highest BCUT2D eigenvalue weighted by molar-refractivity contribution is 8.00. The fourth-order valence-corrected chi connectivity index (χ4v) is 5.78. The lowest BCUT2D eigenvalue weighted by Crippen LogP contribution is -2.49. The third-order valence-electron chi connectivity index (χ3n) is 6.81. The van der Waals surface area contributed by atoms with Crippen LogP contribution in [0.2, 0.25) is 0 Å². The first kappa shape index (κ1) is 23.4. The highest BCUT2D eigenvalue weighted by atomic mass is 32.2. The molecule has 0 bridgehead atoms. The molecule has 0 atom stereocenters.